The van der Waals surface area contributed by atoms with Crippen LogP contribution < -0.4 is 10.6 Å². The van der Waals surface area contributed by atoms with Crippen LogP contribution in [0.3, 0.4) is 0 Å². The van der Waals surface area contributed by atoms with Crippen LogP contribution in [-0.2, 0) is 4.74 Å². The van der Waals surface area contributed by atoms with Crippen molar-refractivity contribution >= 4 is 29.9 Å². The molecule has 0 aromatic rings. The fourth-order valence-corrected chi connectivity index (χ4v) is 1.93. The highest BCUT2D eigenvalue weighted by molar-refractivity contribution is 14.0. The summed E-state index contributed by atoms with van der Waals surface area (Å²) in [5.74, 6) is 1.66. The summed E-state index contributed by atoms with van der Waals surface area (Å²) in [7, 11) is 1.82. The number of rotatable bonds is 11. The van der Waals surface area contributed by atoms with Gasteiger partial charge in [0.25, 0.3) is 0 Å². The van der Waals surface area contributed by atoms with Crippen LogP contribution in [-0.4, -0.2) is 39.3 Å². The van der Waals surface area contributed by atoms with Gasteiger partial charge in [0.15, 0.2) is 5.96 Å². The molecular formula is C15H34IN3O. The zero-order valence-corrected chi connectivity index (χ0v) is 16.0. The minimum atomic E-state index is 0. The Hall–Kier alpha value is -0.0400. The minimum absolute atomic E-state index is 0. The Bertz CT molecular complexity index is 225. The van der Waals surface area contributed by atoms with E-state index >= 15 is 0 Å². The second kappa shape index (κ2) is 17.0. The van der Waals surface area contributed by atoms with Crippen molar-refractivity contribution in [1.29, 1.82) is 0 Å². The third-order valence-electron chi connectivity index (χ3n) is 3.29. The van der Waals surface area contributed by atoms with Gasteiger partial charge in [0.05, 0.1) is 0 Å². The monoisotopic (exact) mass is 399 g/mol. The molecule has 2 N–H and O–H groups in total. The lowest BCUT2D eigenvalue weighted by Gasteiger charge is -2.18. The molecule has 1 unspecified atom stereocenters. The van der Waals surface area contributed by atoms with Crippen molar-refractivity contribution in [3.63, 3.8) is 0 Å². The maximum atomic E-state index is 5.31. The van der Waals surface area contributed by atoms with E-state index in [1.807, 2.05) is 14.0 Å². The highest BCUT2D eigenvalue weighted by Crippen LogP contribution is 2.10. The van der Waals surface area contributed by atoms with Crippen LogP contribution in [0.2, 0.25) is 0 Å². The number of hydrogen-bond acceptors (Lipinski definition) is 2. The van der Waals surface area contributed by atoms with E-state index in [1.165, 1.54) is 25.7 Å². The number of nitrogens with one attached hydrogen (secondary N) is 2. The minimum Gasteiger partial charge on any atom is -0.382 e. The summed E-state index contributed by atoms with van der Waals surface area (Å²) in [6.45, 7) is 10.1. The first kappa shape index (κ1) is 22.2. The molecule has 0 aromatic heterocycles. The molecule has 5 heteroatoms. The molecule has 0 saturated carbocycles. The Labute approximate surface area is 142 Å². The molecule has 0 amide bonds. The van der Waals surface area contributed by atoms with Crippen LogP contribution in [0.4, 0.5) is 0 Å². The van der Waals surface area contributed by atoms with Crippen LogP contribution in [0.25, 0.3) is 0 Å². The van der Waals surface area contributed by atoms with Crippen molar-refractivity contribution in [2.24, 2.45) is 10.9 Å². The molecule has 0 aliphatic heterocycles. The Morgan fingerprint density at radius 1 is 1.15 bits per heavy atom. The summed E-state index contributed by atoms with van der Waals surface area (Å²) in [5.41, 5.74) is 0. The van der Waals surface area contributed by atoms with Crippen molar-refractivity contribution in [2.75, 3.05) is 33.4 Å². The van der Waals surface area contributed by atoms with Gasteiger partial charge in [-0.2, -0.15) is 0 Å². The average molecular weight is 399 g/mol. The van der Waals surface area contributed by atoms with E-state index in [4.69, 9.17) is 4.74 Å². The van der Waals surface area contributed by atoms with Crippen LogP contribution in [0.1, 0.15) is 52.9 Å². The normalized spacial score (nSPS) is 12.7. The van der Waals surface area contributed by atoms with Crippen LogP contribution in [0, 0.1) is 5.92 Å². The van der Waals surface area contributed by atoms with Gasteiger partial charge < -0.3 is 15.4 Å². The van der Waals surface area contributed by atoms with Gasteiger partial charge in [-0.25, -0.2) is 0 Å². The molecule has 1 atom stereocenters. The Balaban J connectivity index is 0. The number of guanidine groups is 1. The topological polar surface area (TPSA) is 45.7 Å². The van der Waals surface area contributed by atoms with Gasteiger partial charge >= 0.3 is 0 Å². The van der Waals surface area contributed by atoms with Gasteiger partial charge in [0.1, 0.15) is 0 Å². The quantitative estimate of drug-likeness (QED) is 0.242. The number of hydrogen-bond donors (Lipinski definition) is 2. The first-order valence-corrected chi connectivity index (χ1v) is 7.80. The zero-order valence-electron chi connectivity index (χ0n) is 13.7. The van der Waals surface area contributed by atoms with Gasteiger partial charge in [-0.3, -0.25) is 4.99 Å². The number of nitrogens with zero attached hydrogens (tertiary/aromatic N) is 1. The lowest BCUT2D eigenvalue weighted by atomic mass is 9.99. The molecule has 4 nitrogen and oxygen atoms in total. The molecule has 0 saturated heterocycles. The summed E-state index contributed by atoms with van der Waals surface area (Å²) < 4.78 is 5.31. The first-order chi connectivity index (χ1) is 9.28. The Kier molecular flexibility index (Phi) is 18.9. The summed E-state index contributed by atoms with van der Waals surface area (Å²) in [5, 5.41) is 6.74. The summed E-state index contributed by atoms with van der Waals surface area (Å²) >= 11 is 0. The third kappa shape index (κ3) is 13.0. The van der Waals surface area contributed by atoms with Crippen LogP contribution >= 0.6 is 24.0 Å². The van der Waals surface area contributed by atoms with Crippen molar-refractivity contribution in [1.82, 2.24) is 10.6 Å². The highest BCUT2D eigenvalue weighted by Gasteiger charge is 2.06. The molecule has 122 valence electrons. The van der Waals surface area contributed by atoms with Crippen LogP contribution in [0.5, 0.6) is 0 Å². The van der Waals surface area contributed by atoms with Gasteiger partial charge in [-0.05, 0) is 25.7 Å². The molecule has 0 aromatic carbocycles. The molecule has 0 heterocycles. The third-order valence-corrected chi connectivity index (χ3v) is 3.29. The fourth-order valence-electron chi connectivity index (χ4n) is 1.93. The predicted octanol–water partition coefficient (Wildman–Crippen LogP) is 3.41. The molecule has 0 rings (SSSR count). The van der Waals surface area contributed by atoms with Crippen LogP contribution in [0.15, 0.2) is 4.99 Å². The van der Waals surface area contributed by atoms with Gasteiger partial charge in [-0.15, -0.1) is 24.0 Å². The van der Waals surface area contributed by atoms with Gasteiger partial charge in [0, 0.05) is 33.4 Å². The second-order valence-electron chi connectivity index (χ2n) is 4.85. The number of halogens is 1. The van der Waals surface area contributed by atoms with E-state index in [0.717, 1.165) is 44.6 Å². The van der Waals surface area contributed by atoms with Gasteiger partial charge in [0.2, 0.25) is 0 Å². The average Bonchev–Trinajstić information content (AvgIpc) is 2.44. The second-order valence-corrected chi connectivity index (χ2v) is 4.85. The molecule has 0 aliphatic rings. The molecular weight excluding hydrogens is 365 g/mol. The van der Waals surface area contributed by atoms with E-state index in [0.29, 0.717) is 0 Å². The van der Waals surface area contributed by atoms with Crippen molar-refractivity contribution in [2.45, 2.75) is 52.9 Å². The molecule has 0 bridgehead atoms. The lowest BCUT2D eigenvalue weighted by molar-refractivity contribution is 0.145. The summed E-state index contributed by atoms with van der Waals surface area (Å²) in [4.78, 5) is 4.25. The standard InChI is InChI=1S/C15H33N3O.HI/c1-5-8-10-14(6-2)13-18-15(16-4)17-11-9-12-19-7-3;/h14H,5-13H2,1-4H3,(H2,16,17,18);1H. The summed E-state index contributed by atoms with van der Waals surface area (Å²) in [6.07, 6.45) is 6.15. The van der Waals surface area contributed by atoms with Crippen molar-refractivity contribution < 1.29 is 4.74 Å². The van der Waals surface area contributed by atoms with E-state index in [1.54, 1.807) is 0 Å². The zero-order chi connectivity index (χ0) is 14.3. The maximum absolute atomic E-state index is 5.31. The maximum Gasteiger partial charge on any atom is 0.190 e. The molecule has 0 spiro atoms. The van der Waals surface area contributed by atoms with Crippen molar-refractivity contribution in [3.8, 4) is 0 Å². The van der Waals surface area contributed by atoms with E-state index in [-0.39, 0.29) is 24.0 Å². The summed E-state index contributed by atoms with van der Waals surface area (Å²) in [6, 6.07) is 0. The number of ether oxygens (including phenoxy) is 1. The number of unbranched alkanes of at least 4 members (excludes halogenated alkanes) is 1. The van der Waals surface area contributed by atoms with Crippen molar-refractivity contribution in [3.05, 3.63) is 0 Å². The molecule has 20 heavy (non-hydrogen) atoms. The fraction of sp³-hybridized carbons (Fsp3) is 0.933. The van der Waals surface area contributed by atoms with Gasteiger partial charge in [-0.1, -0.05) is 33.1 Å². The predicted molar refractivity (Wildman–Crippen MR) is 99.2 cm³/mol. The highest BCUT2D eigenvalue weighted by atomic mass is 127. The lowest BCUT2D eigenvalue weighted by Crippen LogP contribution is -2.40. The molecule has 0 fully saturated rings. The SMILES string of the molecule is CCCCC(CC)CNC(=NC)NCCCOCC.I. The smallest absolute Gasteiger partial charge is 0.190 e. The largest absolute Gasteiger partial charge is 0.382 e. The Morgan fingerprint density at radius 2 is 1.90 bits per heavy atom. The Morgan fingerprint density at radius 3 is 2.45 bits per heavy atom. The number of aliphatic imine (C=N–C) groups is 1. The van der Waals surface area contributed by atoms with E-state index in [9.17, 15) is 0 Å². The molecule has 0 radical (unpaired) electrons. The first-order valence-electron chi connectivity index (χ1n) is 7.80. The van der Waals surface area contributed by atoms with E-state index < -0.39 is 0 Å². The van der Waals surface area contributed by atoms with E-state index in [2.05, 4.69) is 29.5 Å². The molecule has 0 aliphatic carbocycles.